The predicted octanol–water partition coefficient (Wildman–Crippen LogP) is 4.88. The summed E-state index contributed by atoms with van der Waals surface area (Å²) in [7, 11) is 1.38. The lowest BCUT2D eigenvalue weighted by Crippen LogP contribution is -2.27. The molecule has 0 radical (unpaired) electrons. The molecule has 4 aromatic rings. The molecule has 0 atom stereocenters. The number of nitro groups is 1. The minimum absolute atomic E-state index is 0.120. The van der Waals surface area contributed by atoms with Crippen LogP contribution in [0, 0.1) is 10.1 Å². The molecule has 2 amide bonds. The van der Waals surface area contributed by atoms with Crippen molar-refractivity contribution in [3.8, 4) is 16.9 Å². The Bertz CT molecular complexity index is 1570. The van der Waals surface area contributed by atoms with E-state index in [0.29, 0.717) is 41.2 Å². The Kier molecular flexibility index (Phi) is 7.17. The summed E-state index contributed by atoms with van der Waals surface area (Å²) < 4.78 is 5.19. The fourth-order valence-corrected chi connectivity index (χ4v) is 4.41. The van der Waals surface area contributed by atoms with Crippen molar-refractivity contribution in [2.24, 2.45) is 0 Å². The number of carbonyl (C=O) groups excluding carboxylic acids is 2. The van der Waals surface area contributed by atoms with Crippen LogP contribution in [0.2, 0.25) is 0 Å². The number of pyridine rings is 1. The minimum Gasteiger partial charge on any atom is -0.490 e. The standard InChI is InChI=1S/C29H25N5O5/c1-39-27-17-20(7-10-26(27)34(37)38)19-6-8-22-24(16-19)32-23-9-5-18(14-25(23)33-29(22)36)15-28(35)31-13-11-21-4-2-3-12-30-21/h2-10,12,14,16-17,32H,11,13,15H2,1H3,(H,31,35)(H,33,36). The number of hydrogen-bond donors (Lipinski definition) is 3. The van der Waals surface area contributed by atoms with Crippen molar-refractivity contribution < 1.29 is 19.2 Å². The predicted molar refractivity (Wildman–Crippen MR) is 147 cm³/mol. The second-order valence-corrected chi connectivity index (χ2v) is 8.96. The summed E-state index contributed by atoms with van der Waals surface area (Å²) in [4.78, 5) is 40.5. The van der Waals surface area contributed by atoms with Gasteiger partial charge in [0.2, 0.25) is 5.91 Å². The Morgan fingerprint density at radius 1 is 0.974 bits per heavy atom. The number of carbonyl (C=O) groups is 2. The zero-order valence-electron chi connectivity index (χ0n) is 21.1. The average molecular weight is 524 g/mol. The van der Waals surface area contributed by atoms with Crippen molar-refractivity contribution in [2.75, 3.05) is 24.3 Å². The fraction of sp³-hybridized carbons (Fsp3) is 0.138. The Hall–Kier alpha value is -5.25. The van der Waals surface area contributed by atoms with Crippen LogP contribution in [0.1, 0.15) is 21.6 Å². The maximum atomic E-state index is 13.0. The molecular weight excluding hydrogens is 498 g/mol. The molecule has 0 fully saturated rings. The van der Waals surface area contributed by atoms with Crippen molar-refractivity contribution in [1.29, 1.82) is 0 Å². The van der Waals surface area contributed by atoms with Crippen molar-refractivity contribution in [2.45, 2.75) is 12.8 Å². The lowest BCUT2D eigenvalue weighted by molar-refractivity contribution is -0.385. The quantitative estimate of drug-likeness (QED) is 0.221. The molecule has 2 heterocycles. The first-order valence-electron chi connectivity index (χ1n) is 12.3. The van der Waals surface area contributed by atoms with Crippen LogP contribution in [0.3, 0.4) is 0 Å². The zero-order chi connectivity index (χ0) is 27.4. The first-order chi connectivity index (χ1) is 18.9. The molecule has 1 aliphatic rings. The lowest BCUT2D eigenvalue weighted by atomic mass is 10.0. The number of amides is 2. The molecule has 10 nitrogen and oxygen atoms in total. The molecule has 1 aromatic heterocycles. The summed E-state index contributed by atoms with van der Waals surface area (Å²) in [5.74, 6) is -0.261. The summed E-state index contributed by atoms with van der Waals surface area (Å²) in [6, 6.07) is 21.0. The highest BCUT2D eigenvalue weighted by atomic mass is 16.6. The summed E-state index contributed by atoms with van der Waals surface area (Å²) in [5, 5.41) is 20.4. The number of methoxy groups -OCH3 is 1. The highest BCUT2D eigenvalue weighted by Crippen LogP contribution is 2.37. The maximum absolute atomic E-state index is 13.0. The molecule has 0 aliphatic carbocycles. The molecular formula is C29H25N5O5. The van der Waals surface area contributed by atoms with E-state index in [9.17, 15) is 19.7 Å². The minimum atomic E-state index is -0.497. The van der Waals surface area contributed by atoms with E-state index < -0.39 is 4.92 Å². The summed E-state index contributed by atoms with van der Waals surface area (Å²) in [6.45, 7) is 0.483. The number of hydrogen-bond acceptors (Lipinski definition) is 7. The van der Waals surface area contributed by atoms with E-state index in [0.717, 1.165) is 16.8 Å². The number of nitrogens with zero attached hydrogens (tertiary/aromatic N) is 2. The van der Waals surface area contributed by atoms with Crippen LogP contribution in [0.15, 0.2) is 79.0 Å². The number of aromatic nitrogens is 1. The molecule has 0 spiro atoms. The van der Waals surface area contributed by atoms with E-state index >= 15 is 0 Å². The summed E-state index contributed by atoms with van der Waals surface area (Å²) in [6.07, 6.45) is 2.54. The first-order valence-corrected chi connectivity index (χ1v) is 12.3. The van der Waals surface area contributed by atoms with Gasteiger partial charge in [-0.1, -0.05) is 18.2 Å². The van der Waals surface area contributed by atoms with Gasteiger partial charge >= 0.3 is 5.69 Å². The van der Waals surface area contributed by atoms with Crippen molar-refractivity contribution >= 4 is 34.6 Å². The SMILES string of the molecule is COc1cc(-c2ccc3c(c2)Nc2ccc(CC(=O)NCCc4ccccn4)cc2NC3=O)ccc1[N+](=O)[O-]. The van der Waals surface area contributed by atoms with Gasteiger partial charge in [-0.25, -0.2) is 0 Å². The monoisotopic (exact) mass is 523 g/mol. The van der Waals surface area contributed by atoms with Crippen molar-refractivity contribution in [1.82, 2.24) is 10.3 Å². The summed E-state index contributed by atoms with van der Waals surface area (Å²) >= 11 is 0. The number of rotatable bonds is 8. The van der Waals surface area contributed by atoms with Crippen LogP contribution in [-0.2, 0) is 17.6 Å². The molecule has 10 heteroatoms. The third kappa shape index (κ3) is 5.69. The van der Waals surface area contributed by atoms with Gasteiger partial charge < -0.3 is 20.7 Å². The Morgan fingerprint density at radius 3 is 2.56 bits per heavy atom. The highest BCUT2D eigenvalue weighted by Gasteiger charge is 2.21. The van der Waals surface area contributed by atoms with E-state index in [1.807, 2.05) is 36.4 Å². The van der Waals surface area contributed by atoms with Gasteiger partial charge in [0.15, 0.2) is 5.75 Å². The van der Waals surface area contributed by atoms with Gasteiger partial charge in [-0.2, -0.15) is 0 Å². The van der Waals surface area contributed by atoms with E-state index in [2.05, 4.69) is 20.9 Å². The van der Waals surface area contributed by atoms with Gasteiger partial charge in [0.25, 0.3) is 5.91 Å². The van der Waals surface area contributed by atoms with E-state index in [1.165, 1.54) is 13.2 Å². The molecule has 3 N–H and O–H groups in total. The smallest absolute Gasteiger partial charge is 0.310 e. The lowest BCUT2D eigenvalue weighted by Gasteiger charge is -2.12. The molecule has 3 aromatic carbocycles. The molecule has 39 heavy (non-hydrogen) atoms. The molecule has 0 unspecified atom stereocenters. The largest absolute Gasteiger partial charge is 0.490 e. The van der Waals surface area contributed by atoms with Crippen LogP contribution in [0.5, 0.6) is 5.75 Å². The van der Waals surface area contributed by atoms with Crippen LogP contribution in [0.25, 0.3) is 11.1 Å². The third-order valence-corrected chi connectivity index (χ3v) is 6.37. The van der Waals surface area contributed by atoms with Gasteiger partial charge in [0.1, 0.15) is 0 Å². The normalized spacial score (nSPS) is 11.8. The van der Waals surface area contributed by atoms with Crippen molar-refractivity contribution in [3.05, 3.63) is 106 Å². The van der Waals surface area contributed by atoms with Crippen LogP contribution in [0.4, 0.5) is 22.7 Å². The Labute approximate surface area is 224 Å². The van der Waals surface area contributed by atoms with Gasteiger partial charge in [0, 0.05) is 30.9 Å². The number of fused-ring (bicyclic) bond motifs is 2. The van der Waals surface area contributed by atoms with E-state index in [4.69, 9.17) is 4.74 Å². The topological polar surface area (TPSA) is 135 Å². The van der Waals surface area contributed by atoms with Crippen molar-refractivity contribution in [3.63, 3.8) is 0 Å². The maximum Gasteiger partial charge on any atom is 0.310 e. The molecule has 0 saturated carbocycles. The molecule has 0 saturated heterocycles. The van der Waals surface area contributed by atoms with E-state index in [-0.39, 0.29) is 29.7 Å². The number of ether oxygens (including phenoxy) is 1. The Balaban J connectivity index is 1.31. The number of nitro benzene ring substituents is 1. The molecule has 196 valence electrons. The second kappa shape index (κ2) is 11.0. The van der Waals surface area contributed by atoms with Crippen LogP contribution in [-0.4, -0.2) is 35.4 Å². The highest BCUT2D eigenvalue weighted by molar-refractivity contribution is 6.12. The Morgan fingerprint density at radius 2 is 1.79 bits per heavy atom. The number of anilines is 3. The molecule has 0 bridgehead atoms. The summed E-state index contributed by atoms with van der Waals surface area (Å²) in [5.41, 5.74) is 5.27. The molecule has 1 aliphatic heterocycles. The van der Waals surface area contributed by atoms with Crippen LogP contribution < -0.4 is 20.7 Å². The van der Waals surface area contributed by atoms with Gasteiger partial charge in [-0.15, -0.1) is 0 Å². The second-order valence-electron chi connectivity index (χ2n) is 8.96. The number of benzene rings is 3. The average Bonchev–Trinajstić information content (AvgIpc) is 3.08. The van der Waals surface area contributed by atoms with E-state index in [1.54, 1.807) is 36.5 Å². The zero-order valence-corrected chi connectivity index (χ0v) is 21.1. The fourth-order valence-electron chi connectivity index (χ4n) is 4.41. The molecule has 5 rings (SSSR count). The first kappa shape index (κ1) is 25.4. The van der Waals surface area contributed by atoms with Gasteiger partial charge in [0.05, 0.1) is 41.1 Å². The third-order valence-electron chi connectivity index (χ3n) is 6.37. The number of nitrogens with one attached hydrogen (secondary N) is 3. The van der Waals surface area contributed by atoms with Gasteiger partial charge in [-0.3, -0.25) is 24.7 Å². The van der Waals surface area contributed by atoms with Gasteiger partial charge in [-0.05, 0) is 65.2 Å². The van der Waals surface area contributed by atoms with Crippen LogP contribution >= 0.6 is 0 Å².